The smallest absolute Gasteiger partial charge is 0.204 e. The molecule has 3 aromatic heterocycles. The fourth-order valence-electron chi connectivity index (χ4n) is 2.41. The molecule has 0 saturated heterocycles. The first-order valence-corrected chi connectivity index (χ1v) is 7.38. The van der Waals surface area contributed by atoms with Crippen LogP contribution in [0.1, 0.15) is 5.56 Å². The normalized spacial score (nSPS) is 10.9. The number of nitrogen functional groups attached to an aromatic ring is 1. The highest BCUT2D eigenvalue weighted by atomic mass is 19.1. The van der Waals surface area contributed by atoms with E-state index in [0.717, 1.165) is 0 Å². The summed E-state index contributed by atoms with van der Waals surface area (Å²) in [7, 11) is 0. The topological polar surface area (TPSA) is 109 Å². The van der Waals surface area contributed by atoms with Gasteiger partial charge in [-0.25, -0.2) is 9.37 Å². The summed E-state index contributed by atoms with van der Waals surface area (Å²) in [4.78, 5) is 4.11. The zero-order valence-corrected chi connectivity index (χ0v) is 12.9. The van der Waals surface area contributed by atoms with Crippen LogP contribution in [0.4, 0.5) is 10.2 Å². The molecule has 25 heavy (non-hydrogen) atoms. The van der Waals surface area contributed by atoms with E-state index in [2.05, 4.69) is 25.4 Å². The van der Waals surface area contributed by atoms with Crippen LogP contribution in [0.25, 0.3) is 22.9 Å². The number of benzene rings is 1. The summed E-state index contributed by atoms with van der Waals surface area (Å²) in [5.41, 5.74) is 7.80. The van der Waals surface area contributed by atoms with E-state index in [1.165, 1.54) is 18.5 Å². The number of rotatable bonds is 4. The molecule has 0 amide bonds. The molecule has 8 nitrogen and oxygen atoms in total. The molecular weight excluding hydrogens is 325 g/mol. The Morgan fingerprint density at radius 1 is 1.16 bits per heavy atom. The van der Waals surface area contributed by atoms with E-state index in [4.69, 9.17) is 10.3 Å². The molecule has 0 fully saturated rings. The summed E-state index contributed by atoms with van der Waals surface area (Å²) >= 11 is 0. The van der Waals surface area contributed by atoms with Gasteiger partial charge in [0.1, 0.15) is 29.3 Å². The molecule has 0 aliphatic heterocycles. The average molecular weight is 337 g/mol. The Morgan fingerprint density at radius 3 is 2.80 bits per heavy atom. The number of nitrogens with zero attached hydrogens (tertiary/aromatic N) is 6. The number of hydrogen-bond donors (Lipinski definition) is 1. The van der Waals surface area contributed by atoms with Gasteiger partial charge in [-0.3, -0.25) is 4.68 Å². The van der Waals surface area contributed by atoms with Crippen molar-refractivity contribution in [1.29, 1.82) is 0 Å². The van der Waals surface area contributed by atoms with E-state index in [1.807, 2.05) is 0 Å². The standard InChI is InChI=1S/C16H12FN7O/c17-11-4-2-1-3-10(11)9-24-14(12-5-6-25-23-12)7-13(22-24)16-20-15(18)8-19-21-16/h1-8H,9H2,(H2,18,20,21). The molecule has 124 valence electrons. The first-order valence-electron chi connectivity index (χ1n) is 7.38. The largest absolute Gasteiger partial charge is 0.382 e. The summed E-state index contributed by atoms with van der Waals surface area (Å²) < 4.78 is 20.5. The van der Waals surface area contributed by atoms with E-state index in [-0.39, 0.29) is 24.0 Å². The maximum absolute atomic E-state index is 14.0. The lowest BCUT2D eigenvalue weighted by Gasteiger charge is -2.06. The number of halogens is 1. The van der Waals surface area contributed by atoms with Gasteiger partial charge in [-0.15, -0.1) is 5.10 Å². The lowest BCUT2D eigenvalue weighted by Crippen LogP contribution is -2.06. The molecule has 2 N–H and O–H groups in total. The summed E-state index contributed by atoms with van der Waals surface area (Å²) in [5, 5.41) is 16.1. The lowest BCUT2D eigenvalue weighted by molar-refractivity contribution is 0.421. The van der Waals surface area contributed by atoms with Crippen molar-refractivity contribution in [3.05, 3.63) is 60.2 Å². The van der Waals surface area contributed by atoms with Crippen LogP contribution >= 0.6 is 0 Å². The van der Waals surface area contributed by atoms with Crippen molar-refractivity contribution in [2.24, 2.45) is 0 Å². The van der Waals surface area contributed by atoms with E-state index < -0.39 is 0 Å². The SMILES string of the molecule is Nc1cnnc(-c2cc(-c3ccon3)n(Cc3ccccc3F)n2)n1. The van der Waals surface area contributed by atoms with Crippen molar-refractivity contribution in [1.82, 2.24) is 30.1 Å². The Hall–Kier alpha value is -3.62. The van der Waals surface area contributed by atoms with Crippen LogP contribution in [-0.2, 0) is 6.54 Å². The van der Waals surface area contributed by atoms with Gasteiger partial charge in [0, 0.05) is 11.6 Å². The Labute approximate surface area is 141 Å². The lowest BCUT2D eigenvalue weighted by atomic mass is 10.2. The molecule has 4 aromatic rings. The monoisotopic (exact) mass is 337 g/mol. The minimum Gasteiger partial charge on any atom is -0.382 e. The second-order valence-electron chi connectivity index (χ2n) is 5.25. The van der Waals surface area contributed by atoms with Gasteiger partial charge in [0.25, 0.3) is 0 Å². The van der Waals surface area contributed by atoms with Crippen LogP contribution in [0.5, 0.6) is 0 Å². The van der Waals surface area contributed by atoms with Gasteiger partial charge < -0.3 is 10.3 Å². The fourth-order valence-corrected chi connectivity index (χ4v) is 2.41. The summed E-state index contributed by atoms with van der Waals surface area (Å²) in [5.74, 6) is 0.196. The Balaban J connectivity index is 1.80. The average Bonchev–Trinajstić information content (AvgIpc) is 3.26. The van der Waals surface area contributed by atoms with E-state index >= 15 is 0 Å². The third kappa shape index (κ3) is 2.94. The first-order chi connectivity index (χ1) is 12.2. The number of nitrogens with two attached hydrogens (primary N) is 1. The molecule has 0 aliphatic carbocycles. The Bertz CT molecular complexity index is 1010. The maximum atomic E-state index is 14.0. The molecule has 0 bridgehead atoms. The first kappa shape index (κ1) is 14.9. The Morgan fingerprint density at radius 2 is 2.04 bits per heavy atom. The van der Waals surface area contributed by atoms with Gasteiger partial charge in [0.15, 0.2) is 0 Å². The molecule has 9 heteroatoms. The van der Waals surface area contributed by atoms with Crippen molar-refractivity contribution >= 4 is 5.82 Å². The maximum Gasteiger partial charge on any atom is 0.204 e. The molecule has 4 rings (SSSR count). The molecule has 0 atom stereocenters. The van der Waals surface area contributed by atoms with Crippen LogP contribution in [0.3, 0.4) is 0 Å². The summed E-state index contributed by atoms with van der Waals surface area (Å²) in [6.45, 7) is 0.213. The second kappa shape index (κ2) is 6.11. The fraction of sp³-hybridized carbons (Fsp3) is 0.0625. The number of aromatic nitrogens is 6. The Kier molecular flexibility index (Phi) is 3.65. The van der Waals surface area contributed by atoms with Gasteiger partial charge in [-0.05, 0) is 12.1 Å². The van der Waals surface area contributed by atoms with Crippen LogP contribution in [-0.4, -0.2) is 30.1 Å². The van der Waals surface area contributed by atoms with Crippen LogP contribution in [0, 0.1) is 5.82 Å². The van der Waals surface area contributed by atoms with Crippen LogP contribution < -0.4 is 5.73 Å². The van der Waals surface area contributed by atoms with Crippen molar-refractivity contribution < 1.29 is 8.91 Å². The molecule has 1 aromatic carbocycles. The zero-order chi connectivity index (χ0) is 17.2. The van der Waals surface area contributed by atoms with Gasteiger partial charge in [0.2, 0.25) is 5.82 Å². The van der Waals surface area contributed by atoms with Gasteiger partial charge in [-0.2, -0.15) is 10.2 Å². The predicted octanol–water partition coefficient (Wildman–Crippen LogP) is 2.16. The third-order valence-electron chi connectivity index (χ3n) is 3.56. The highest BCUT2D eigenvalue weighted by Gasteiger charge is 2.17. The molecule has 0 radical (unpaired) electrons. The molecular formula is C16H12FN7O. The van der Waals surface area contributed by atoms with Crippen LogP contribution in [0.2, 0.25) is 0 Å². The zero-order valence-electron chi connectivity index (χ0n) is 12.9. The summed E-state index contributed by atoms with van der Waals surface area (Å²) in [6, 6.07) is 9.93. The predicted molar refractivity (Wildman–Crippen MR) is 86.5 cm³/mol. The summed E-state index contributed by atoms with van der Waals surface area (Å²) in [6.07, 6.45) is 2.80. The molecule has 0 saturated carbocycles. The minimum atomic E-state index is -0.312. The van der Waals surface area contributed by atoms with E-state index in [1.54, 1.807) is 35.0 Å². The highest BCUT2D eigenvalue weighted by molar-refractivity contribution is 5.62. The van der Waals surface area contributed by atoms with Gasteiger partial charge in [0.05, 0.1) is 18.4 Å². The number of anilines is 1. The highest BCUT2D eigenvalue weighted by Crippen LogP contribution is 2.24. The van der Waals surface area contributed by atoms with Crippen molar-refractivity contribution in [3.63, 3.8) is 0 Å². The number of hydrogen-bond acceptors (Lipinski definition) is 7. The van der Waals surface area contributed by atoms with Crippen molar-refractivity contribution in [2.45, 2.75) is 6.54 Å². The van der Waals surface area contributed by atoms with E-state index in [0.29, 0.717) is 22.6 Å². The van der Waals surface area contributed by atoms with Crippen molar-refractivity contribution in [3.8, 4) is 22.9 Å². The molecule has 3 heterocycles. The minimum absolute atomic E-state index is 0.213. The van der Waals surface area contributed by atoms with Crippen molar-refractivity contribution in [2.75, 3.05) is 5.73 Å². The van der Waals surface area contributed by atoms with Gasteiger partial charge >= 0.3 is 0 Å². The van der Waals surface area contributed by atoms with Crippen LogP contribution in [0.15, 0.2) is 53.4 Å². The molecule has 0 unspecified atom stereocenters. The second-order valence-corrected chi connectivity index (χ2v) is 5.25. The molecule has 0 aliphatic rings. The molecule has 0 spiro atoms. The van der Waals surface area contributed by atoms with E-state index in [9.17, 15) is 4.39 Å². The van der Waals surface area contributed by atoms with Gasteiger partial charge in [-0.1, -0.05) is 23.4 Å². The quantitative estimate of drug-likeness (QED) is 0.608. The third-order valence-corrected chi connectivity index (χ3v) is 3.56.